The van der Waals surface area contributed by atoms with Gasteiger partial charge in [0.25, 0.3) is 0 Å². The number of benzene rings is 1. The number of carboxylic acid groups (broad SMARTS) is 1. The molecule has 2 bridgehead atoms. The molecule has 3 aliphatic rings. The zero-order valence-corrected chi connectivity index (χ0v) is 15.7. The minimum absolute atomic E-state index is 0. The van der Waals surface area contributed by atoms with E-state index in [1.807, 2.05) is 4.57 Å². The molecule has 0 spiro atoms. The second kappa shape index (κ2) is 6.06. The Bertz CT molecular complexity index is 972. The number of hydrogen-bond acceptors (Lipinski definition) is 4. The van der Waals surface area contributed by atoms with Crippen LogP contribution < -0.4 is 15.6 Å². The number of aromatic nitrogens is 1. The van der Waals surface area contributed by atoms with E-state index in [1.54, 1.807) is 6.07 Å². The normalized spacial score (nSPS) is 24.1. The van der Waals surface area contributed by atoms with Gasteiger partial charge in [0, 0.05) is 42.8 Å². The summed E-state index contributed by atoms with van der Waals surface area (Å²) in [5.41, 5.74) is 0.230. The van der Waals surface area contributed by atoms with E-state index in [2.05, 4.69) is 10.2 Å². The summed E-state index contributed by atoms with van der Waals surface area (Å²) in [6.45, 7) is 1.60. The van der Waals surface area contributed by atoms with Crippen LogP contribution >= 0.6 is 17.0 Å². The molecular formula is C18H19BrFN3O3. The molecule has 2 aliphatic heterocycles. The summed E-state index contributed by atoms with van der Waals surface area (Å²) in [5.74, 6) is -1.73. The molecule has 1 aromatic heterocycles. The second-order valence-corrected chi connectivity index (χ2v) is 7.28. The van der Waals surface area contributed by atoms with Crippen molar-refractivity contribution >= 4 is 39.5 Å². The number of anilines is 1. The minimum Gasteiger partial charge on any atom is -0.477 e. The molecule has 3 heterocycles. The van der Waals surface area contributed by atoms with Gasteiger partial charge < -0.3 is 19.9 Å². The Morgan fingerprint density at radius 3 is 2.62 bits per heavy atom. The van der Waals surface area contributed by atoms with Crippen molar-refractivity contribution in [1.82, 2.24) is 9.88 Å². The summed E-state index contributed by atoms with van der Waals surface area (Å²) in [7, 11) is 0. The number of carbonyl (C=O) groups is 1. The smallest absolute Gasteiger partial charge is 0.341 e. The van der Waals surface area contributed by atoms with E-state index >= 15 is 0 Å². The highest BCUT2D eigenvalue weighted by molar-refractivity contribution is 8.93. The number of fused-ring (bicyclic) bond motifs is 3. The molecule has 1 aliphatic carbocycles. The first-order valence-electron chi connectivity index (χ1n) is 8.64. The highest BCUT2D eigenvalue weighted by Gasteiger charge is 2.39. The Labute approximate surface area is 159 Å². The van der Waals surface area contributed by atoms with Crippen LogP contribution in [0.3, 0.4) is 0 Å². The van der Waals surface area contributed by atoms with Crippen molar-refractivity contribution < 1.29 is 14.3 Å². The monoisotopic (exact) mass is 423 g/mol. The lowest BCUT2D eigenvalue weighted by Gasteiger charge is -2.30. The molecule has 2 saturated heterocycles. The van der Waals surface area contributed by atoms with Gasteiger partial charge in [-0.15, -0.1) is 17.0 Å². The van der Waals surface area contributed by atoms with Crippen molar-refractivity contribution in [3.63, 3.8) is 0 Å². The zero-order chi connectivity index (χ0) is 17.3. The van der Waals surface area contributed by atoms with Gasteiger partial charge in [0.05, 0.1) is 11.2 Å². The van der Waals surface area contributed by atoms with Crippen LogP contribution in [0.4, 0.5) is 10.1 Å². The molecule has 0 radical (unpaired) electrons. The third-order valence-electron chi connectivity index (χ3n) is 5.64. The molecule has 2 aromatic rings. The predicted molar refractivity (Wildman–Crippen MR) is 101 cm³/mol. The molecule has 2 atom stereocenters. The Balaban J connectivity index is 0.00000168. The summed E-state index contributed by atoms with van der Waals surface area (Å²) in [6, 6.07) is 3.81. The van der Waals surface area contributed by atoms with Crippen LogP contribution in [-0.2, 0) is 0 Å². The molecule has 5 rings (SSSR count). The fourth-order valence-electron chi connectivity index (χ4n) is 4.24. The Morgan fingerprint density at radius 2 is 2.04 bits per heavy atom. The molecule has 1 saturated carbocycles. The fraction of sp³-hybridized carbons (Fsp3) is 0.444. The Morgan fingerprint density at radius 1 is 1.27 bits per heavy atom. The van der Waals surface area contributed by atoms with E-state index in [-0.39, 0.29) is 40.0 Å². The van der Waals surface area contributed by atoms with Gasteiger partial charge in [-0.3, -0.25) is 4.79 Å². The molecule has 3 fully saturated rings. The number of carboxylic acids is 1. The summed E-state index contributed by atoms with van der Waals surface area (Å²) in [4.78, 5) is 26.0. The van der Waals surface area contributed by atoms with Gasteiger partial charge in [-0.25, -0.2) is 9.18 Å². The van der Waals surface area contributed by atoms with Crippen LogP contribution in [0.2, 0.25) is 0 Å². The number of rotatable bonds is 3. The standard InChI is InChI=1S/C18H18FN3O3.BrH/c19-14-4-12-15(5-16(14)21-7-9-3-11(21)6-20-9)22(10-1-2-10)8-13(17(12)23)18(24)25;/h4-5,8-11,20H,1-3,6-7H2,(H,24,25);1H/t9-,11?;/m0./s1. The minimum atomic E-state index is -1.27. The van der Waals surface area contributed by atoms with Gasteiger partial charge in [-0.05, 0) is 31.4 Å². The van der Waals surface area contributed by atoms with Crippen LogP contribution in [0, 0.1) is 5.82 Å². The summed E-state index contributed by atoms with van der Waals surface area (Å²) in [6.07, 6.45) is 4.32. The SMILES string of the molecule is Br.O=C(O)c1cn(C2CC2)c2cc(N3C[C@@H]4CC3CN4)c(F)cc2c1=O. The average Bonchev–Trinajstić information content (AvgIpc) is 3.21. The van der Waals surface area contributed by atoms with Crippen molar-refractivity contribution in [3.8, 4) is 0 Å². The lowest BCUT2D eigenvalue weighted by molar-refractivity contribution is 0.0695. The van der Waals surface area contributed by atoms with Crippen LogP contribution in [0.15, 0.2) is 23.1 Å². The number of aromatic carboxylic acids is 1. The first kappa shape index (κ1) is 17.5. The summed E-state index contributed by atoms with van der Waals surface area (Å²) in [5, 5.41) is 12.8. The molecule has 138 valence electrons. The summed E-state index contributed by atoms with van der Waals surface area (Å²) < 4.78 is 16.6. The quantitative estimate of drug-likeness (QED) is 0.791. The van der Waals surface area contributed by atoms with Gasteiger partial charge >= 0.3 is 5.97 Å². The van der Waals surface area contributed by atoms with E-state index in [0.717, 1.165) is 32.4 Å². The molecule has 8 heteroatoms. The Hall–Kier alpha value is -1.93. The van der Waals surface area contributed by atoms with E-state index in [4.69, 9.17) is 0 Å². The first-order valence-corrected chi connectivity index (χ1v) is 8.64. The zero-order valence-electron chi connectivity index (χ0n) is 13.9. The third-order valence-corrected chi connectivity index (χ3v) is 5.64. The van der Waals surface area contributed by atoms with Crippen molar-refractivity contribution in [2.45, 2.75) is 37.4 Å². The van der Waals surface area contributed by atoms with Crippen LogP contribution in [-0.4, -0.2) is 40.8 Å². The fourth-order valence-corrected chi connectivity index (χ4v) is 4.24. The number of nitrogens with zero attached hydrogens (tertiary/aromatic N) is 2. The topological polar surface area (TPSA) is 74.6 Å². The number of halogens is 2. The highest BCUT2D eigenvalue weighted by atomic mass is 79.9. The summed E-state index contributed by atoms with van der Waals surface area (Å²) >= 11 is 0. The first-order chi connectivity index (χ1) is 12.0. The maximum atomic E-state index is 14.8. The molecular weight excluding hydrogens is 405 g/mol. The van der Waals surface area contributed by atoms with Crippen molar-refractivity contribution in [2.75, 3.05) is 18.0 Å². The van der Waals surface area contributed by atoms with Gasteiger partial charge in [-0.2, -0.15) is 0 Å². The average molecular weight is 424 g/mol. The number of hydrogen-bond donors (Lipinski definition) is 2. The van der Waals surface area contributed by atoms with Crippen LogP contribution in [0.25, 0.3) is 10.9 Å². The van der Waals surface area contributed by atoms with Crippen LogP contribution in [0.5, 0.6) is 0 Å². The van der Waals surface area contributed by atoms with Gasteiger partial charge in [-0.1, -0.05) is 0 Å². The second-order valence-electron chi connectivity index (χ2n) is 7.28. The van der Waals surface area contributed by atoms with Crippen molar-refractivity contribution in [3.05, 3.63) is 39.9 Å². The number of nitrogens with one attached hydrogen (secondary N) is 1. The van der Waals surface area contributed by atoms with E-state index in [1.165, 1.54) is 12.3 Å². The molecule has 0 amide bonds. The number of piperazine rings is 1. The van der Waals surface area contributed by atoms with E-state index < -0.39 is 17.2 Å². The molecule has 2 N–H and O–H groups in total. The highest BCUT2D eigenvalue weighted by Crippen LogP contribution is 2.39. The third kappa shape index (κ3) is 2.54. The van der Waals surface area contributed by atoms with Gasteiger partial charge in [0.2, 0.25) is 5.43 Å². The van der Waals surface area contributed by atoms with Gasteiger partial charge in [0.1, 0.15) is 11.4 Å². The lowest BCUT2D eigenvalue weighted by atomic mass is 10.1. The predicted octanol–water partition coefficient (Wildman–Crippen LogP) is 2.30. The number of pyridine rings is 1. The Kier molecular flexibility index (Phi) is 4.07. The van der Waals surface area contributed by atoms with Crippen molar-refractivity contribution in [1.29, 1.82) is 0 Å². The molecule has 26 heavy (non-hydrogen) atoms. The van der Waals surface area contributed by atoms with Crippen LogP contribution in [0.1, 0.15) is 35.7 Å². The van der Waals surface area contributed by atoms with Crippen molar-refractivity contribution in [2.24, 2.45) is 0 Å². The molecule has 6 nitrogen and oxygen atoms in total. The van der Waals surface area contributed by atoms with E-state index in [9.17, 15) is 19.1 Å². The molecule has 1 unspecified atom stereocenters. The lowest BCUT2D eigenvalue weighted by Crippen LogP contribution is -2.44. The largest absolute Gasteiger partial charge is 0.477 e. The maximum Gasteiger partial charge on any atom is 0.341 e. The molecule has 1 aromatic carbocycles. The van der Waals surface area contributed by atoms with Gasteiger partial charge in [0.15, 0.2) is 0 Å². The maximum absolute atomic E-state index is 14.8. The van der Waals surface area contributed by atoms with E-state index in [0.29, 0.717) is 17.2 Å².